The molecule has 0 bridgehead atoms. The first-order valence-electron chi connectivity index (χ1n) is 4.88. The van der Waals surface area contributed by atoms with Crippen LogP contribution in [0.3, 0.4) is 0 Å². The molecule has 0 aliphatic heterocycles. The van der Waals surface area contributed by atoms with Crippen molar-refractivity contribution in [3.63, 3.8) is 0 Å². The van der Waals surface area contributed by atoms with Crippen LogP contribution in [0.1, 0.15) is 27.7 Å². The summed E-state index contributed by atoms with van der Waals surface area (Å²) in [4.78, 5) is 0. The zero-order chi connectivity index (χ0) is 9.45. The summed E-state index contributed by atoms with van der Waals surface area (Å²) in [5.41, 5.74) is 0. The van der Waals surface area contributed by atoms with Gasteiger partial charge in [-0.15, -0.1) is 0 Å². The van der Waals surface area contributed by atoms with Crippen LogP contribution in [0.2, 0.25) is 13.3 Å². The number of hydrogen-bond acceptors (Lipinski definition) is 1. The van der Waals surface area contributed by atoms with Crippen LogP contribution in [-0.4, -0.2) is 24.1 Å². The molecule has 0 unspecified atom stereocenters. The van der Waals surface area contributed by atoms with Crippen molar-refractivity contribution in [3.8, 4) is 9.19 Å². The summed E-state index contributed by atoms with van der Waals surface area (Å²) in [5.74, 6) is 1.13. The first-order chi connectivity index (χ1) is 5.74. The SMILES string of the molecule is CCSC#[C][Sn]([CH2]C)([CH2]C)[CH2]C. The summed E-state index contributed by atoms with van der Waals surface area (Å²) in [6.45, 7) is 9.15. The van der Waals surface area contributed by atoms with E-state index >= 15 is 0 Å². The first kappa shape index (κ1) is 12.7. The standard InChI is InChI=1S/C4H5S.3C2H5.Sn/c1-3-5-4-2;3*1-2;/h3H2,1H3;3*1H2,2H3;. The van der Waals surface area contributed by atoms with E-state index in [0.717, 1.165) is 5.75 Å². The van der Waals surface area contributed by atoms with Crippen LogP contribution in [0.5, 0.6) is 0 Å². The van der Waals surface area contributed by atoms with E-state index in [1.54, 1.807) is 11.8 Å². The molecule has 0 radical (unpaired) electrons. The molecule has 0 atom stereocenters. The second-order valence-electron chi connectivity index (χ2n) is 3.00. The zero-order valence-electron chi connectivity index (χ0n) is 8.74. The van der Waals surface area contributed by atoms with Crippen LogP contribution in [0.15, 0.2) is 0 Å². The molecule has 0 amide bonds. The maximum absolute atomic E-state index is 3.61. The van der Waals surface area contributed by atoms with Gasteiger partial charge in [0.25, 0.3) is 0 Å². The Hall–Kier alpha value is 0.709. The molecule has 0 N–H and O–H groups in total. The van der Waals surface area contributed by atoms with Gasteiger partial charge in [0.2, 0.25) is 0 Å². The molecule has 0 rings (SSSR count). The Morgan fingerprint density at radius 1 is 1.00 bits per heavy atom. The van der Waals surface area contributed by atoms with Gasteiger partial charge in [-0.25, -0.2) is 0 Å². The average Bonchev–Trinajstić information content (AvgIpc) is 2.14. The molecule has 0 aliphatic carbocycles. The van der Waals surface area contributed by atoms with E-state index in [-0.39, 0.29) is 0 Å². The van der Waals surface area contributed by atoms with Crippen molar-refractivity contribution in [2.75, 3.05) is 5.75 Å². The molecule has 0 heterocycles. The molecule has 0 nitrogen and oxygen atoms in total. The fraction of sp³-hybridized carbons (Fsp3) is 0.800. The molecule has 2 heteroatoms. The minimum absolute atomic E-state index is 1.13. The van der Waals surface area contributed by atoms with Gasteiger partial charge in [0.05, 0.1) is 0 Å². The summed E-state index contributed by atoms with van der Waals surface area (Å²) in [6.07, 6.45) is 0. The van der Waals surface area contributed by atoms with Gasteiger partial charge in [-0.05, 0) is 0 Å². The van der Waals surface area contributed by atoms with Gasteiger partial charge < -0.3 is 0 Å². The molecule has 0 saturated carbocycles. The molecular weight excluding hydrogens is 271 g/mol. The molecule has 0 fully saturated rings. The third kappa shape index (κ3) is 4.09. The predicted octanol–water partition coefficient (Wildman–Crippen LogP) is 3.75. The van der Waals surface area contributed by atoms with Crippen molar-refractivity contribution in [1.82, 2.24) is 0 Å². The number of rotatable bonds is 4. The van der Waals surface area contributed by atoms with Crippen LogP contribution in [-0.2, 0) is 0 Å². The van der Waals surface area contributed by atoms with Gasteiger partial charge in [0, 0.05) is 0 Å². The van der Waals surface area contributed by atoms with E-state index in [0.29, 0.717) is 0 Å². The minimum atomic E-state index is -1.87. The molecule has 0 spiro atoms. The summed E-state index contributed by atoms with van der Waals surface area (Å²) < 4.78 is 7.77. The van der Waals surface area contributed by atoms with Crippen molar-refractivity contribution < 1.29 is 0 Å². The number of thioether (sulfide) groups is 1. The molecule has 70 valence electrons. The third-order valence-corrected chi connectivity index (χ3v) is 17.1. The van der Waals surface area contributed by atoms with E-state index in [1.165, 1.54) is 13.3 Å². The Morgan fingerprint density at radius 2 is 1.50 bits per heavy atom. The van der Waals surface area contributed by atoms with Crippen LogP contribution in [0.4, 0.5) is 0 Å². The second-order valence-corrected chi connectivity index (χ2v) is 18.1. The van der Waals surface area contributed by atoms with Crippen molar-refractivity contribution in [2.45, 2.75) is 41.0 Å². The monoisotopic (exact) mass is 292 g/mol. The van der Waals surface area contributed by atoms with E-state index in [1.807, 2.05) is 0 Å². The van der Waals surface area contributed by atoms with Crippen molar-refractivity contribution in [1.29, 1.82) is 0 Å². The van der Waals surface area contributed by atoms with Gasteiger partial charge in [-0.3, -0.25) is 0 Å². The molecule has 0 saturated heterocycles. The van der Waals surface area contributed by atoms with Crippen molar-refractivity contribution in [3.05, 3.63) is 0 Å². The Balaban J connectivity index is 4.22. The van der Waals surface area contributed by atoms with E-state index in [2.05, 4.69) is 36.9 Å². The van der Waals surface area contributed by atoms with E-state index < -0.39 is 18.4 Å². The fourth-order valence-corrected chi connectivity index (χ4v) is 9.93. The van der Waals surface area contributed by atoms with Crippen molar-refractivity contribution >= 4 is 30.1 Å². The van der Waals surface area contributed by atoms with Crippen LogP contribution >= 0.6 is 11.8 Å². The summed E-state index contributed by atoms with van der Waals surface area (Å²) >= 11 is -0.0965. The molecule has 12 heavy (non-hydrogen) atoms. The van der Waals surface area contributed by atoms with E-state index in [4.69, 9.17) is 0 Å². The van der Waals surface area contributed by atoms with Crippen LogP contribution in [0.25, 0.3) is 0 Å². The molecule has 0 aromatic rings. The summed E-state index contributed by atoms with van der Waals surface area (Å²) in [6, 6.07) is 0. The summed E-state index contributed by atoms with van der Waals surface area (Å²) in [5, 5.41) is 3.29. The topological polar surface area (TPSA) is 0 Å². The Kier molecular flexibility index (Phi) is 7.57. The van der Waals surface area contributed by atoms with Crippen LogP contribution < -0.4 is 0 Å². The second kappa shape index (κ2) is 7.14. The Labute approximate surface area is 85.8 Å². The molecular formula is C10H20SSn. The van der Waals surface area contributed by atoms with E-state index in [9.17, 15) is 0 Å². The molecule has 0 aromatic carbocycles. The normalized spacial score (nSPS) is 10.7. The Morgan fingerprint density at radius 3 is 1.83 bits per heavy atom. The molecule has 0 aliphatic rings. The quantitative estimate of drug-likeness (QED) is 0.561. The fourth-order valence-electron chi connectivity index (χ4n) is 1.23. The van der Waals surface area contributed by atoms with Gasteiger partial charge >= 0.3 is 86.1 Å². The summed E-state index contributed by atoms with van der Waals surface area (Å²) in [7, 11) is 0. The van der Waals surface area contributed by atoms with Gasteiger partial charge in [0.15, 0.2) is 0 Å². The van der Waals surface area contributed by atoms with Crippen LogP contribution in [0, 0.1) is 9.19 Å². The first-order valence-corrected chi connectivity index (χ1v) is 13.3. The van der Waals surface area contributed by atoms with Gasteiger partial charge in [-0.2, -0.15) is 0 Å². The average molecular weight is 291 g/mol. The van der Waals surface area contributed by atoms with Gasteiger partial charge in [-0.1, -0.05) is 0 Å². The third-order valence-electron chi connectivity index (χ3n) is 2.56. The predicted molar refractivity (Wildman–Crippen MR) is 63.1 cm³/mol. The molecule has 0 aromatic heterocycles. The van der Waals surface area contributed by atoms with Crippen molar-refractivity contribution in [2.24, 2.45) is 0 Å². The number of hydrogen-bond donors (Lipinski definition) is 0. The van der Waals surface area contributed by atoms with Gasteiger partial charge in [0.1, 0.15) is 0 Å². The zero-order valence-corrected chi connectivity index (χ0v) is 12.4. The Bertz CT molecular complexity index is 154. The maximum atomic E-state index is 3.61.